The van der Waals surface area contributed by atoms with Crippen molar-refractivity contribution in [2.75, 3.05) is 13.6 Å². The quantitative estimate of drug-likeness (QED) is 0.627. The summed E-state index contributed by atoms with van der Waals surface area (Å²) in [6.45, 7) is 5.02. The molecular formula is C12H18ClN3. The van der Waals surface area contributed by atoms with E-state index in [2.05, 4.69) is 24.2 Å². The highest BCUT2D eigenvalue weighted by atomic mass is 35.5. The average Bonchev–Trinajstić information content (AvgIpc) is 2.26. The zero-order chi connectivity index (χ0) is 12.2. The maximum Gasteiger partial charge on any atom is 0.188 e. The Kier molecular flexibility index (Phi) is 4.19. The normalized spacial score (nSPS) is 12.6. The summed E-state index contributed by atoms with van der Waals surface area (Å²) in [5.74, 6) is 0.460. The number of aliphatic imine (C=N–C) groups is 1. The van der Waals surface area contributed by atoms with Crippen LogP contribution in [0, 0.1) is 0 Å². The molecule has 88 valence electrons. The number of guanidine groups is 1. The SMILES string of the molecule is CN=C(N)NCC(C)(C)c1ccc(Cl)cc1. The second-order valence-corrected chi connectivity index (χ2v) is 4.79. The van der Waals surface area contributed by atoms with Crippen molar-refractivity contribution in [3.63, 3.8) is 0 Å². The summed E-state index contributed by atoms with van der Waals surface area (Å²) in [5, 5.41) is 3.83. The molecule has 3 N–H and O–H groups in total. The standard InChI is InChI=1S/C12H18ClN3/c1-12(2,8-16-11(14)15-3)9-4-6-10(13)7-5-9/h4-7H,8H2,1-3H3,(H3,14,15,16). The first-order valence-corrected chi connectivity index (χ1v) is 5.55. The topological polar surface area (TPSA) is 50.4 Å². The fourth-order valence-corrected chi connectivity index (χ4v) is 1.52. The Labute approximate surface area is 102 Å². The van der Waals surface area contributed by atoms with Crippen molar-refractivity contribution in [3.8, 4) is 0 Å². The number of nitrogens with zero attached hydrogens (tertiary/aromatic N) is 1. The molecule has 0 saturated carbocycles. The molecule has 0 heterocycles. The molecule has 0 aliphatic heterocycles. The van der Waals surface area contributed by atoms with Crippen LogP contribution in [0.3, 0.4) is 0 Å². The molecule has 0 saturated heterocycles. The van der Waals surface area contributed by atoms with Crippen LogP contribution in [0.4, 0.5) is 0 Å². The van der Waals surface area contributed by atoms with Crippen molar-refractivity contribution >= 4 is 17.6 Å². The van der Waals surface area contributed by atoms with Crippen LogP contribution in [0.25, 0.3) is 0 Å². The van der Waals surface area contributed by atoms with Crippen molar-refractivity contribution < 1.29 is 0 Å². The monoisotopic (exact) mass is 239 g/mol. The van der Waals surface area contributed by atoms with Crippen molar-refractivity contribution in [2.24, 2.45) is 10.7 Å². The number of hydrogen-bond donors (Lipinski definition) is 2. The lowest BCUT2D eigenvalue weighted by Gasteiger charge is -2.26. The van der Waals surface area contributed by atoms with Gasteiger partial charge in [0.05, 0.1) is 0 Å². The number of rotatable bonds is 3. The van der Waals surface area contributed by atoms with Crippen LogP contribution in [-0.2, 0) is 5.41 Å². The van der Waals surface area contributed by atoms with Crippen LogP contribution < -0.4 is 11.1 Å². The smallest absolute Gasteiger partial charge is 0.188 e. The highest BCUT2D eigenvalue weighted by molar-refractivity contribution is 6.30. The fraction of sp³-hybridized carbons (Fsp3) is 0.417. The molecular weight excluding hydrogens is 222 g/mol. The Morgan fingerprint density at radius 1 is 1.38 bits per heavy atom. The Bertz CT molecular complexity index is 368. The van der Waals surface area contributed by atoms with E-state index in [1.165, 1.54) is 5.56 Å². The van der Waals surface area contributed by atoms with Gasteiger partial charge in [-0.05, 0) is 17.7 Å². The molecule has 0 unspecified atom stereocenters. The van der Waals surface area contributed by atoms with Gasteiger partial charge in [0.1, 0.15) is 0 Å². The van der Waals surface area contributed by atoms with Gasteiger partial charge in [0, 0.05) is 24.0 Å². The highest BCUT2D eigenvalue weighted by Gasteiger charge is 2.20. The van der Waals surface area contributed by atoms with E-state index in [9.17, 15) is 0 Å². The van der Waals surface area contributed by atoms with E-state index in [4.69, 9.17) is 17.3 Å². The zero-order valence-corrected chi connectivity index (χ0v) is 10.7. The minimum Gasteiger partial charge on any atom is -0.370 e. The minimum atomic E-state index is -0.0140. The van der Waals surface area contributed by atoms with Crippen molar-refractivity contribution in [3.05, 3.63) is 34.9 Å². The van der Waals surface area contributed by atoms with Crippen LogP contribution in [0.2, 0.25) is 5.02 Å². The summed E-state index contributed by atoms with van der Waals surface area (Å²) in [4.78, 5) is 3.86. The van der Waals surface area contributed by atoms with Gasteiger partial charge >= 0.3 is 0 Å². The van der Waals surface area contributed by atoms with E-state index in [0.29, 0.717) is 5.96 Å². The van der Waals surface area contributed by atoms with Gasteiger partial charge in [0.25, 0.3) is 0 Å². The summed E-state index contributed by atoms with van der Waals surface area (Å²) >= 11 is 5.86. The number of benzene rings is 1. The first kappa shape index (κ1) is 12.8. The molecule has 0 aliphatic carbocycles. The summed E-state index contributed by atoms with van der Waals surface area (Å²) in [6, 6.07) is 7.86. The molecule has 0 amide bonds. The molecule has 4 heteroatoms. The zero-order valence-electron chi connectivity index (χ0n) is 9.92. The molecule has 16 heavy (non-hydrogen) atoms. The van der Waals surface area contributed by atoms with Crippen molar-refractivity contribution in [2.45, 2.75) is 19.3 Å². The predicted molar refractivity (Wildman–Crippen MR) is 70.0 cm³/mol. The summed E-state index contributed by atoms with van der Waals surface area (Å²) in [6.07, 6.45) is 0. The van der Waals surface area contributed by atoms with Crippen LogP contribution >= 0.6 is 11.6 Å². The van der Waals surface area contributed by atoms with Crippen LogP contribution in [0.15, 0.2) is 29.3 Å². The van der Waals surface area contributed by atoms with Crippen LogP contribution in [-0.4, -0.2) is 19.6 Å². The summed E-state index contributed by atoms with van der Waals surface area (Å²) in [7, 11) is 1.66. The lowest BCUT2D eigenvalue weighted by atomic mass is 9.85. The Morgan fingerprint density at radius 2 is 1.94 bits per heavy atom. The second kappa shape index (κ2) is 5.21. The van der Waals surface area contributed by atoms with Crippen LogP contribution in [0.1, 0.15) is 19.4 Å². The molecule has 0 aromatic heterocycles. The maximum atomic E-state index is 5.86. The molecule has 0 fully saturated rings. The van der Waals surface area contributed by atoms with Gasteiger partial charge in [-0.2, -0.15) is 0 Å². The van der Waals surface area contributed by atoms with Gasteiger partial charge in [-0.1, -0.05) is 37.6 Å². The largest absolute Gasteiger partial charge is 0.370 e. The van der Waals surface area contributed by atoms with E-state index in [0.717, 1.165) is 11.6 Å². The molecule has 1 rings (SSSR count). The van der Waals surface area contributed by atoms with E-state index >= 15 is 0 Å². The summed E-state index contributed by atoms with van der Waals surface area (Å²) < 4.78 is 0. The van der Waals surface area contributed by atoms with E-state index in [-0.39, 0.29) is 5.41 Å². The number of hydrogen-bond acceptors (Lipinski definition) is 1. The molecule has 3 nitrogen and oxygen atoms in total. The van der Waals surface area contributed by atoms with E-state index < -0.39 is 0 Å². The van der Waals surface area contributed by atoms with E-state index in [1.54, 1.807) is 7.05 Å². The minimum absolute atomic E-state index is 0.0140. The maximum absolute atomic E-state index is 5.86. The average molecular weight is 240 g/mol. The molecule has 0 bridgehead atoms. The molecule has 0 spiro atoms. The third-order valence-electron chi connectivity index (χ3n) is 2.58. The first-order valence-electron chi connectivity index (χ1n) is 5.18. The van der Waals surface area contributed by atoms with Crippen molar-refractivity contribution in [1.29, 1.82) is 0 Å². The summed E-state index contributed by atoms with van der Waals surface area (Å²) in [5.41, 5.74) is 6.80. The lowest BCUT2D eigenvalue weighted by Crippen LogP contribution is -2.40. The first-order chi connectivity index (χ1) is 7.45. The second-order valence-electron chi connectivity index (χ2n) is 4.35. The third kappa shape index (κ3) is 3.42. The Balaban J connectivity index is 2.73. The predicted octanol–water partition coefficient (Wildman–Crippen LogP) is 2.15. The number of nitrogens with one attached hydrogen (secondary N) is 1. The van der Waals surface area contributed by atoms with Gasteiger partial charge in [-0.25, -0.2) is 0 Å². The fourth-order valence-electron chi connectivity index (χ4n) is 1.39. The highest BCUT2D eigenvalue weighted by Crippen LogP contribution is 2.23. The van der Waals surface area contributed by atoms with Gasteiger partial charge in [0.2, 0.25) is 0 Å². The van der Waals surface area contributed by atoms with Crippen molar-refractivity contribution in [1.82, 2.24) is 5.32 Å². The molecule has 1 aromatic carbocycles. The van der Waals surface area contributed by atoms with Gasteiger partial charge in [-0.15, -0.1) is 0 Å². The lowest BCUT2D eigenvalue weighted by molar-refractivity contribution is 0.512. The van der Waals surface area contributed by atoms with E-state index in [1.807, 2.05) is 24.3 Å². The van der Waals surface area contributed by atoms with Gasteiger partial charge in [0.15, 0.2) is 5.96 Å². The molecule has 0 atom stereocenters. The molecule has 0 radical (unpaired) electrons. The number of nitrogens with two attached hydrogens (primary N) is 1. The van der Waals surface area contributed by atoms with Gasteiger partial charge in [-0.3, -0.25) is 4.99 Å². The van der Waals surface area contributed by atoms with Crippen LogP contribution in [0.5, 0.6) is 0 Å². The third-order valence-corrected chi connectivity index (χ3v) is 2.83. The molecule has 0 aliphatic rings. The van der Waals surface area contributed by atoms with Gasteiger partial charge < -0.3 is 11.1 Å². The number of halogens is 1. The molecule has 1 aromatic rings. The Morgan fingerprint density at radius 3 is 2.44 bits per heavy atom. The Hall–Kier alpha value is -1.22.